The van der Waals surface area contributed by atoms with Crippen LogP contribution in [0.3, 0.4) is 0 Å². The van der Waals surface area contributed by atoms with Gasteiger partial charge in [-0.15, -0.1) is 0 Å². The van der Waals surface area contributed by atoms with Crippen molar-refractivity contribution in [2.24, 2.45) is 4.99 Å². The molecule has 2 aliphatic rings. The lowest BCUT2D eigenvalue weighted by Crippen LogP contribution is -2.39. The van der Waals surface area contributed by atoms with Crippen LogP contribution in [0.25, 0.3) is 5.57 Å². The van der Waals surface area contributed by atoms with Crippen molar-refractivity contribution in [2.45, 2.75) is 12.5 Å². The first kappa shape index (κ1) is 14.7. The van der Waals surface area contributed by atoms with Crippen LogP contribution in [0, 0.1) is 5.82 Å². The number of amides is 1. The Morgan fingerprint density at radius 3 is 2.88 bits per heavy atom. The molecule has 1 aromatic carbocycles. The molecule has 0 saturated carbocycles. The number of hydrogen-bond donors (Lipinski definition) is 2. The number of benzene rings is 1. The number of piperidine rings is 1. The molecule has 2 aliphatic heterocycles. The van der Waals surface area contributed by atoms with Crippen molar-refractivity contribution >= 4 is 17.4 Å². The zero-order valence-electron chi connectivity index (χ0n) is 12.6. The third-order valence-corrected chi connectivity index (χ3v) is 4.32. The van der Waals surface area contributed by atoms with Gasteiger partial charge in [0, 0.05) is 30.7 Å². The Balaban J connectivity index is 1.64. The zero-order chi connectivity index (χ0) is 16.7. The average Bonchev–Trinajstić information content (AvgIpc) is 2.97. The molecule has 8 heteroatoms. The fraction of sp³-hybridized carbons (Fsp3) is 0.250. The number of hydrogen-bond acceptors (Lipinski definition) is 6. The van der Waals surface area contributed by atoms with Crippen LogP contribution < -0.4 is 21.0 Å². The predicted molar refractivity (Wildman–Crippen MR) is 82.5 cm³/mol. The van der Waals surface area contributed by atoms with E-state index >= 15 is 0 Å². The van der Waals surface area contributed by atoms with Gasteiger partial charge in [-0.3, -0.25) is 15.0 Å². The van der Waals surface area contributed by atoms with Crippen LogP contribution >= 0.6 is 0 Å². The number of halogens is 1. The van der Waals surface area contributed by atoms with Crippen molar-refractivity contribution < 1.29 is 14.4 Å². The monoisotopic (exact) mass is 327 g/mol. The number of carbonyl (C=O) groups is 1. The summed E-state index contributed by atoms with van der Waals surface area (Å²) >= 11 is 0. The summed E-state index contributed by atoms with van der Waals surface area (Å²) in [6.07, 6.45) is 3.54. The molecule has 2 aromatic rings. The van der Waals surface area contributed by atoms with E-state index in [1.54, 1.807) is 11.5 Å². The fourth-order valence-electron chi connectivity index (χ4n) is 3.14. The van der Waals surface area contributed by atoms with Gasteiger partial charge in [0.05, 0.1) is 17.0 Å². The van der Waals surface area contributed by atoms with Gasteiger partial charge in [-0.2, -0.15) is 0 Å². The number of nitrogens with zero attached hydrogens (tertiary/aromatic N) is 4. The molecular formula is C16H14FN5O2. The fourth-order valence-corrected chi connectivity index (χ4v) is 3.14. The van der Waals surface area contributed by atoms with Crippen LogP contribution in [0.5, 0.6) is 0 Å². The summed E-state index contributed by atoms with van der Waals surface area (Å²) in [7, 11) is 0. The van der Waals surface area contributed by atoms with Crippen molar-refractivity contribution in [3.05, 3.63) is 52.5 Å². The second-order valence-corrected chi connectivity index (χ2v) is 5.75. The topological polar surface area (TPSA) is 90.7 Å². The Labute approximate surface area is 136 Å². The van der Waals surface area contributed by atoms with Gasteiger partial charge >= 0.3 is 0 Å². The maximum Gasteiger partial charge on any atom is 0.277 e. The van der Waals surface area contributed by atoms with Crippen LogP contribution in [0.1, 0.15) is 16.8 Å². The largest absolute Gasteiger partial charge is 0.337 e. The van der Waals surface area contributed by atoms with Crippen molar-refractivity contribution in [1.82, 2.24) is 15.4 Å². The maximum absolute atomic E-state index is 13.4. The van der Waals surface area contributed by atoms with Gasteiger partial charge in [0.25, 0.3) is 5.91 Å². The predicted octanol–water partition coefficient (Wildman–Crippen LogP) is -0.202. The van der Waals surface area contributed by atoms with Crippen molar-refractivity contribution in [3.8, 4) is 0 Å². The minimum atomic E-state index is -0.653. The summed E-state index contributed by atoms with van der Waals surface area (Å²) in [5.41, 5.74) is 2.86. The molecule has 7 nitrogen and oxygen atoms in total. The Hall–Kier alpha value is -2.87. The SMILES string of the molecule is O=C(NO)c1cnc(N2CCC3N=c4cc(F)ccc4=C3C2)nc1. The van der Waals surface area contributed by atoms with Crippen molar-refractivity contribution in [2.75, 3.05) is 18.0 Å². The Morgan fingerprint density at radius 2 is 2.12 bits per heavy atom. The second-order valence-electron chi connectivity index (χ2n) is 5.75. The summed E-state index contributed by atoms with van der Waals surface area (Å²) in [5, 5.41) is 10.3. The van der Waals surface area contributed by atoms with Crippen molar-refractivity contribution in [1.29, 1.82) is 0 Å². The van der Waals surface area contributed by atoms with E-state index < -0.39 is 5.91 Å². The Morgan fingerprint density at radius 1 is 1.33 bits per heavy atom. The molecule has 4 rings (SSSR count). The number of rotatable bonds is 2. The van der Waals surface area contributed by atoms with Gasteiger partial charge in [0.2, 0.25) is 5.95 Å². The normalized spacial score (nSPS) is 18.7. The molecule has 2 N–H and O–H groups in total. The maximum atomic E-state index is 13.4. The highest BCUT2D eigenvalue weighted by molar-refractivity contribution is 5.92. The number of nitrogens with one attached hydrogen (secondary N) is 1. The van der Waals surface area contributed by atoms with Gasteiger partial charge in [-0.1, -0.05) is 0 Å². The summed E-state index contributed by atoms with van der Waals surface area (Å²) in [6.45, 7) is 1.33. The highest BCUT2D eigenvalue weighted by atomic mass is 19.1. The number of anilines is 1. The minimum absolute atomic E-state index is 0.0810. The highest BCUT2D eigenvalue weighted by Gasteiger charge is 2.28. The van der Waals surface area contributed by atoms with E-state index in [4.69, 9.17) is 5.21 Å². The van der Waals surface area contributed by atoms with Gasteiger partial charge in [-0.25, -0.2) is 19.8 Å². The quantitative estimate of drug-likeness (QED) is 0.589. The molecule has 0 radical (unpaired) electrons. The van der Waals surface area contributed by atoms with Crippen LogP contribution in [0.15, 0.2) is 35.6 Å². The Bertz CT molecular complexity index is 928. The van der Waals surface area contributed by atoms with Gasteiger partial charge in [0.1, 0.15) is 5.82 Å². The molecule has 0 bridgehead atoms. The molecular weight excluding hydrogens is 313 g/mol. The lowest BCUT2D eigenvalue weighted by Gasteiger charge is -2.31. The van der Waals surface area contributed by atoms with Crippen LogP contribution in [-0.4, -0.2) is 40.2 Å². The van der Waals surface area contributed by atoms with Crippen molar-refractivity contribution in [3.63, 3.8) is 0 Å². The average molecular weight is 327 g/mol. The van der Waals surface area contributed by atoms with Gasteiger partial charge in [-0.05, 0) is 30.2 Å². The van der Waals surface area contributed by atoms with E-state index in [0.717, 1.165) is 23.8 Å². The molecule has 1 amide bonds. The second kappa shape index (κ2) is 5.64. The first-order chi connectivity index (χ1) is 11.7. The first-order valence-electron chi connectivity index (χ1n) is 7.53. The van der Waals surface area contributed by atoms with Crippen LogP contribution in [-0.2, 0) is 0 Å². The van der Waals surface area contributed by atoms with Gasteiger partial charge in [0.15, 0.2) is 0 Å². The summed E-state index contributed by atoms with van der Waals surface area (Å²) in [4.78, 5) is 26.3. The summed E-state index contributed by atoms with van der Waals surface area (Å²) < 4.78 is 13.4. The third-order valence-electron chi connectivity index (χ3n) is 4.32. The third kappa shape index (κ3) is 2.41. The van der Waals surface area contributed by atoms with E-state index in [0.29, 0.717) is 17.9 Å². The first-order valence-corrected chi connectivity index (χ1v) is 7.53. The standard InChI is InChI=1S/C16H14FN5O2/c17-10-1-2-11-12-8-22(4-3-13(12)20-14(11)5-10)16-18-6-9(7-19-16)15(23)21-24/h1-2,5-7,13,24H,3-4,8H2,(H,21,23). The molecule has 1 fully saturated rings. The Kier molecular flexibility index (Phi) is 3.46. The lowest BCUT2D eigenvalue weighted by molar-refractivity contribution is 0.0705. The van der Waals surface area contributed by atoms with E-state index in [9.17, 15) is 9.18 Å². The summed E-state index contributed by atoms with van der Waals surface area (Å²) in [5.74, 6) is -0.430. The van der Waals surface area contributed by atoms with E-state index in [1.165, 1.54) is 24.5 Å². The zero-order valence-corrected chi connectivity index (χ0v) is 12.6. The summed E-state index contributed by atoms with van der Waals surface area (Å²) in [6, 6.07) is 4.76. The van der Waals surface area contributed by atoms with E-state index in [1.807, 2.05) is 4.90 Å². The number of hydroxylamine groups is 1. The van der Waals surface area contributed by atoms with E-state index in [2.05, 4.69) is 15.0 Å². The molecule has 1 aromatic heterocycles. The number of carbonyl (C=O) groups excluding carboxylic acids is 1. The molecule has 3 heterocycles. The molecule has 122 valence electrons. The molecule has 1 unspecified atom stereocenters. The number of aromatic nitrogens is 2. The van der Waals surface area contributed by atoms with Gasteiger partial charge < -0.3 is 4.90 Å². The van der Waals surface area contributed by atoms with Crippen LogP contribution in [0.2, 0.25) is 0 Å². The van der Waals surface area contributed by atoms with Crippen LogP contribution in [0.4, 0.5) is 10.3 Å². The molecule has 24 heavy (non-hydrogen) atoms. The molecule has 0 spiro atoms. The number of fused-ring (bicyclic) bond motifs is 2. The molecule has 1 atom stereocenters. The lowest BCUT2D eigenvalue weighted by atomic mass is 9.99. The highest BCUT2D eigenvalue weighted by Crippen LogP contribution is 2.23. The smallest absolute Gasteiger partial charge is 0.277 e. The van der Waals surface area contributed by atoms with E-state index in [-0.39, 0.29) is 17.4 Å². The molecule has 0 aliphatic carbocycles. The molecule has 1 saturated heterocycles. The minimum Gasteiger partial charge on any atom is -0.337 e.